The molecule has 0 aliphatic carbocycles. The van der Waals surface area contributed by atoms with Gasteiger partial charge in [-0.3, -0.25) is 0 Å². The topological polar surface area (TPSA) is 12.0 Å². The molecule has 0 heterocycles. The highest BCUT2D eigenvalue weighted by molar-refractivity contribution is 6.33. The van der Waals surface area contributed by atoms with E-state index in [1.54, 1.807) is 0 Å². The average Bonchev–Trinajstić information content (AvgIpc) is 2.38. The van der Waals surface area contributed by atoms with Crippen molar-refractivity contribution in [3.8, 4) is 0 Å². The first-order chi connectivity index (χ1) is 9.49. The molecule has 1 nitrogen and oxygen atoms in total. The second-order valence-electron chi connectivity index (χ2n) is 5.02. The highest BCUT2D eigenvalue weighted by Crippen LogP contribution is 2.32. The summed E-state index contributed by atoms with van der Waals surface area (Å²) in [4.78, 5) is 0. The molecule has 106 valence electrons. The highest BCUT2D eigenvalue weighted by Gasteiger charge is 2.19. The van der Waals surface area contributed by atoms with Crippen LogP contribution in [0.3, 0.4) is 0 Å². The van der Waals surface area contributed by atoms with Crippen LogP contribution in [0, 0.1) is 17.6 Å². The smallest absolute Gasteiger partial charge is 0.150 e. The number of hydrogen-bond donors (Lipinski definition) is 1. The molecule has 0 saturated heterocycles. The van der Waals surface area contributed by atoms with Crippen LogP contribution in [-0.4, -0.2) is 0 Å². The minimum absolute atomic E-state index is 0.0454. The molecule has 0 aliphatic rings. The Hall–Kier alpha value is -1.61. The summed E-state index contributed by atoms with van der Waals surface area (Å²) < 4.78 is 26.9. The molecular weight excluding hydrogens is 280 g/mol. The van der Waals surface area contributed by atoms with Crippen molar-refractivity contribution in [1.29, 1.82) is 0 Å². The summed E-state index contributed by atoms with van der Waals surface area (Å²) in [7, 11) is 0. The van der Waals surface area contributed by atoms with Crippen molar-refractivity contribution >= 4 is 17.3 Å². The molecule has 1 unspecified atom stereocenters. The summed E-state index contributed by atoms with van der Waals surface area (Å²) in [5.74, 6) is -1.15. The molecule has 2 aromatic rings. The summed E-state index contributed by atoms with van der Waals surface area (Å²) in [6.45, 7) is 4.06. The Labute approximate surface area is 122 Å². The van der Waals surface area contributed by atoms with Crippen LogP contribution in [0.25, 0.3) is 0 Å². The van der Waals surface area contributed by atoms with Gasteiger partial charge in [-0.25, -0.2) is 8.78 Å². The van der Waals surface area contributed by atoms with Crippen LogP contribution in [0.15, 0.2) is 42.5 Å². The van der Waals surface area contributed by atoms with Crippen LogP contribution in [0.5, 0.6) is 0 Å². The lowest BCUT2D eigenvalue weighted by Crippen LogP contribution is -2.17. The van der Waals surface area contributed by atoms with Crippen molar-refractivity contribution < 1.29 is 8.78 Å². The predicted octanol–water partition coefficient (Wildman–Crippen LogP) is 5.43. The van der Waals surface area contributed by atoms with E-state index < -0.39 is 11.6 Å². The minimum atomic E-state index is -0.684. The van der Waals surface area contributed by atoms with Gasteiger partial charge in [-0.15, -0.1) is 0 Å². The Morgan fingerprint density at radius 2 is 1.70 bits per heavy atom. The van der Waals surface area contributed by atoms with E-state index in [0.717, 1.165) is 17.7 Å². The maximum Gasteiger partial charge on any atom is 0.150 e. The SMILES string of the molecule is CC(C)C(Nc1c(F)cc(F)cc1Cl)c1ccccc1. The van der Waals surface area contributed by atoms with Gasteiger partial charge in [0.15, 0.2) is 5.82 Å². The summed E-state index contributed by atoms with van der Waals surface area (Å²) in [6.07, 6.45) is 0. The van der Waals surface area contributed by atoms with E-state index in [9.17, 15) is 8.78 Å². The lowest BCUT2D eigenvalue weighted by Gasteiger charge is -2.25. The molecule has 4 heteroatoms. The van der Waals surface area contributed by atoms with E-state index in [-0.39, 0.29) is 22.7 Å². The molecule has 0 aliphatic heterocycles. The van der Waals surface area contributed by atoms with Gasteiger partial charge in [0, 0.05) is 6.07 Å². The Kier molecular flexibility index (Phi) is 4.61. The van der Waals surface area contributed by atoms with E-state index in [1.165, 1.54) is 0 Å². The van der Waals surface area contributed by atoms with Crippen LogP contribution in [-0.2, 0) is 0 Å². The van der Waals surface area contributed by atoms with Gasteiger partial charge in [0.05, 0.1) is 16.8 Å². The second-order valence-corrected chi connectivity index (χ2v) is 5.43. The van der Waals surface area contributed by atoms with Gasteiger partial charge >= 0.3 is 0 Å². The summed E-state index contributed by atoms with van der Waals surface area (Å²) in [5.41, 5.74) is 1.16. The quantitative estimate of drug-likeness (QED) is 0.793. The predicted molar refractivity (Wildman–Crippen MR) is 79.0 cm³/mol. The van der Waals surface area contributed by atoms with E-state index in [1.807, 2.05) is 44.2 Å². The Bertz CT molecular complexity index is 561. The third kappa shape index (κ3) is 3.28. The van der Waals surface area contributed by atoms with Crippen LogP contribution >= 0.6 is 11.6 Å². The van der Waals surface area contributed by atoms with Crippen molar-refractivity contribution in [3.63, 3.8) is 0 Å². The Morgan fingerprint density at radius 3 is 2.25 bits per heavy atom. The molecule has 0 aromatic heterocycles. The monoisotopic (exact) mass is 295 g/mol. The number of halogens is 3. The first kappa shape index (κ1) is 14.8. The van der Waals surface area contributed by atoms with Gasteiger partial charge in [0.25, 0.3) is 0 Å². The molecule has 0 fully saturated rings. The molecule has 1 atom stereocenters. The van der Waals surface area contributed by atoms with Crippen molar-refractivity contribution in [3.05, 3.63) is 64.7 Å². The van der Waals surface area contributed by atoms with E-state index >= 15 is 0 Å². The third-order valence-corrected chi connectivity index (χ3v) is 3.43. The standard InChI is InChI=1S/C16H16ClF2N/c1-10(2)15(11-6-4-3-5-7-11)20-16-13(17)8-12(18)9-14(16)19/h3-10,15,20H,1-2H3. The van der Waals surface area contributed by atoms with Crippen LogP contribution < -0.4 is 5.32 Å². The summed E-state index contributed by atoms with van der Waals surface area (Å²) in [5, 5.41) is 3.13. The van der Waals surface area contributed by atoms with E-state index in [4.69, 9.17) is 11.6 Å². The fourth-order valence-corrected chi connectivity index (χ4v) is 2.38. The van der Waals surface area contributed by atoms with E-state index in [2.05, 4.69) is 5.32 Å². The average molecular weight is 296 g/mol. The molecule has 0 spiro atoms. The van der Waals surface area contributed by atoms with Crippen molar-refractivity contribution in [1.82, 2.24) is 0 Å². The van der Waals surface area contributed by atoms with E-state index in [0.29, 0.717) is 0 Å². The molecule has 1 N–H and O–H groups in total. The number of benzene rings is 2. The van der Waals surface area contributed by atoms with Gasteiger partial charge in [-0.2, -0.15) is 0 Å². The highest BCUT2D eigenvalue weighted by atomic mass is 35.5. The molecule has 2 aromatic carbocycles. The second kappa shape index (κ2) is 6.23. The largest absolute Gasteiger partial charge is 0.374 e. The Balaban J connectivity index is 2.35. The zero-order valence-corrected chi connectivity index (χ0v) is 12.1. The normalized spacial score (nSPS) is 12.5. The minimum Gasteiger partial charge on any atom is -0.374 e. The third-order valence-electron chi connectivity index (χ3n) is 3.13. The van der Waals surface area contributed by atoms with Crippen molar-refractivity contribution in [2.75, 3.05) is 5.32 Å². The van der Waals surface area contributed by atoms with Crippen molar-refractivity contribution in [2.24, 2.45) is 5.92 Å². The molecule has 0 amide bonds. The first-order valence-electron chi connectivity index (χ1n) is 6.45. The molecule has 0 bridgehead atoms. The number of anilines is 1. The lowest BCUT2D eigenvalue weighted by atomic mass is 9.96. The van der Waals surface area contributed by atoms with Crippen LogP contribution in [0.2, 0.25) is 5.02 Å². The van der Waals surface area contributed by atoms with Crippen LogP contribution in [0.4, 0.5) is 14.5 Å². The van der Waals surface area contributed by atoms with Gasteiger partial charge in [-0.05, 0) is 17.5 Å². The number of nitrogens with one attached hydrogen (secondary N) is 1. The maximum atomic E-state index is 13.9. The van der Waals surface area contributed by atoms with Crippen LogP contribution in [0.1, 0.15) is 25.5 Å². The fraction of sp³-hybridized carbons (Fsp3) is 0.250. The fourth-order valence-electron chi connectivity index (χ4n) is 2.13. The summed E-state index contributed by atoms with van der Waals surface area (Å²) in [6, 6.07) is 11.5. The van der Waals surface area contributed by atoms with Gasteiger partial charge in [-0.1, -0.05) is 55.8 Å². The number of rotatable bonds is 4. The van der Waals surface area contributed by atoms with Gasteiger partial charge in [0.2, 0.25) is 0 Å². The zero-order chi connectivity index (χ0) is 14.7. The lowest BCUT2D eigenvalue weighted by molar-refractivity contribution is 0.537. The maximum absolute atomic E-state index is 13.9. The Morgan fingerprint density at radius 1 is 1.05 bits per heavy atom. The zero-order valence-electron chi connectivity index (χ0n) is 11.3. The van der Waals surface area contributed by atoms with Gasteiger partial charge in [0.1, 0.15) is 5.82 Å². The molecule has 2 rings (SSSR count). The van der Waals surface area contributed by atoms with Gasteiger partial charge < -0.3 is 5.32 Å². The number of hydrogen-bond acceptors (Lipinski definition) is 1. The first-order valence-corrected chi connectivity index (χ1v) is 6.83. The molecule has 0 radical (unpaired) electrons. The molecule has 20 heavy (non-hydrogen) atoms. The molecular formula is C16H16ClF2N. The van der Waals surface area contributed by atoms with Crippen molar-refractivity contribution in [2.45, 2.75) is 19.9 Å². The molecule has 0 saturated carbocycles. The summed E-state index contributed by atoms with van der Waals surface area (Å²) >= 11 is 5.93.